The lowest BCUT2D eigenvalue weighted by atomic mass is 9.81. The van der Waals surface area contributed by atoms with Gasteiger partial charge < -0.3 is 0 Å². The van der Waals surface area contributed by atoms with Gasteiger partial charge in [-0.1, -0.05) is 43.0 Å². The van der Waals surface area contributed by atoms with Gasteiger partial charge in [0, 0.05) is 0 Å². The summed E-state index contributed by atoms with van der Waals surface area (Å²) in [6.45, 7) is 4.09. The average molecular weight is 166 g/mol. The second kappa shape index (κ2) is 2.23. The Morgan fingerprint density at radius 2 is 1.85 bits per heavy atom. The zero-order chi connectivity index (χ0) is 8.84. The second-order valence-electron chi connectivity index (χ2n) is 3.54. The Labute approximate surface area is 77.2 Å². The maximum atomic E-state index is 4.09. The quantitative estimate of drug-likeness (QED) is 0.548. The summed E-state index contributed by atoms with van der Waals surface area (Å²) in [5.74, 6) is 0. The second-order valence-corrected chi connectivity index (χ2v) is 3.54. The molecule has 0 radical (unpaired) electrons. The van der Waals surface area contributed by atoms with Gasteiger partial charge in [0.1, 0.15) is 0 Å². The summed E-state index contributed by atoms with van der Waals surface area (Å²) >= 11 is 0. The molecule has 0 saturated carbocycles. The normalized spacial score (nSPS) is 18.0. The summed E-state index contributed by atoms with van der Waals surface area (Å²) in [5, 5.41) is 2.77. The van der Waals surface area contributed by atoms with Gasteiger partial charge in [-0.15, -0.1) is 0 Å². The molecule has 0 heteroatoms. The third kappa shape index (κ3) is 0.752. The van der Waals surface area contributed by atoms with E-state index in [2.05, 4.69) is 43.0 Å². The number of fused-ring (bicyclic) bond motifs is 2. The third-order valence-corrected chi connectivity index (χ3v) is 2.76. The Balaban J connectivity index is 2.47. The van der Waals surface area contributed by atoms with Crippen molar-refractivity contribution < 1.29 is 0 Å². The molecule has 2 aliphatic rings. The van der Waals surface area contributed by atoms with Crippen molar-refractivity contribution in [2.45, 2.75) is 6.42 Å². The fourth-order valence-corrected chi connectivity index (χ4v) is 2.13. The highest BCUT2D eigenvalue weighted by molar-refractivity contribution is 6.06. The van der Waals surface area contributed by atoms with Crippen molar-refractivity contribution >= 4 is 11.1 Å². The van der Waals surface area contributed by atoms with Crippen LogP contribution in [0, 0.1) is 0 Å². The zero-order valence-corrected chi connectivity index (χ0v) is 7.38. The largest absolute Gasteiger partial charge is 0.0949 e. The molecule has 0 atom stereocenters. The predicted octanol–water partition coefficient (Wildman–Crippen LogP) is 1.52. The van der Waals surface area contributed by atoms with Gasteiger partial charge in [-0.3, -0.25) is 0 Å². The lowest BCUT2D eigenvalue weighted by molar-refractivity contribution is 1.25. The summed E-state index contributed by atoms with van der Waals surface area (Å²) in [4.78, 5) is 0. The molecule has 0 nitrogen and oxygen atoms in total. The lowest BCUT2D eigenvalue weighted by Gasteiger charge is -2.22. The van der Waals surface area contributed by atoms with Crippen molar-refractivity contribution in [1.82, 2.24) is 0 Å². The maximum Gasteiger partial charge on any atom is -0.00697 e. The van der Waals surface area contributed by atoms with Crippen LogP contribution in [0.4, 0.5) is 0 Å². The Morgan fingerprint density at radius 1 is 1.08 bits per heavy atom. The standard InChI is InChI=1S/C13H10/c1-9-5-4-8-12-10-6-2-3-7-11(10)13(9)12/h2-4,6-8H,1,5H2. The lowest BCUT2D eigenvalue weighted by Crippen LogP contribution is -2.38. The fraction of sp³-hybridized carbons (Fsp3) is 0.0769. The highest BCUT2D eigenvalue weighted by Crippen LogP contribution is 2.29. The molecule has 3 rings (SSSR count). The van der Waals surface area contributed by atoms with E-state index in [0.29, 0.717) is 0 Å². The van der Waals surface area contributed by atoms with Crippen LogP contribution >= 0.6 is 0 Å². The fourth-order valence-electron chi connectivity index (χ4n) is 2.13. The summed E-state index contributed by atoms with van der Waals surface area (Å²) in [6.07, 6.45) is 5.41. The molecule has 0 heterocycles. The summed E-state index contributed by atoms with van der Waals surface area (Å²) in [7, 11) is 0. The average Bonchev–Trinajstić information content (AvgIpc) is 2.14. The van der Waals surface area contributed by atoms with E-state index in [1.54, 1.807) is 0 Å². The van der Waals surface area contributed by atoms with E-state index in [0.717, 1.165) is 6.42 Å². The van der Waals surface area contributed by atoms with Gasteiger partial charge in [0.2, 0.25) is 0 Å². The number of allylic oxidation sites excluding steroid dienone is 3. The molecule has 0 spiro atoms. The summed E-state index contributed by atoms with van der Waals surface area (Å²) in [6, 6.07) is 8.54. The molecular weight excluding hydrogens is 156 g/mol. The monoisotopic (exact) mass is 166 g/mol. The molecule has 13 heavy (non-hydrogen) atoms. The summed E-state index contributed by atoms with van der Waals surface area (Å²) in [5.41, 5.74) is 4.03. The van der Waals surface area contributed by atoms with Crippen LogP contribution in [0.5, 0.6) is 0 Å². The highest BCUT2D eigenvalue weighted by atomic mass is 14.2. The first kappa shape index (κ1) is 6.90. The summed E-state index contributed by atoms with van der Waals surface area (Å²) < 4.78 is 0. The minimum atomic E-state index is 1.01. The van der Waals surface area contributed by atoms with E-state index in [1.165, 1.54) is 27.2 Å². The molecule has 1 aromatic rings. The Kier molecular flexibility index (Phi) is 1.18. The van der Waals surface area contributed by atoms with Crippen LogP contribution in [0.2, 0.25) is 0 Å². The topological polar surface area (TPSA) is 0 Å². The molecule has 0 bridgehead atoms. The van der Waals surface area contributed by atoms with E-state index in [4.69, 9.17) is 0 Å². The molecule has 0 aliphatic heterocycles. The van der Waals surface area contributed by atoms with E-state index < -0.39 is 0 Å². The number of rotatable bonds is 0. The van der Waals surface area contributed by atoms with Gasteiger partial charge in [0.05, 0.1) is 0 Å². The van der Waals surface area contributed by atoms with Crippen LogP contribution in [-0.4, -0.2) is 0 Å². The predicted molar refractivity (Wildman–Crippen MR) is 55.4 cm³/mol. The number of benzene rings is 1. The van der Waals surface area contributed by atoms with Crippen LogP contribution in [0.25, 0.3) is 11.1 Å². The molecular formula is C13H10. The van der Waals surface area contributed by atoms with Gasteiger partial charge in [-0.2, -0.15) is 0 Å². The molecule has 0 N–H and O–H groups in total. The van der Waals surface area contributed by atoms with E-state index in [1.807, 2.05) is 0 Å². The van der Waals surface area contributed by atoms with Crippen LogP contribution in [0.3, 0.4) is 0 Å². The minimum absolute atomic E-state index is 1.01. The van der Waals surface area contributed by atoms with E-state index in [-0.39, 0.29) is 0 Å². The van der Waals surface area contributed by atoms with Gasteiger partial charge in [0.15, 0.2) is 0 Å². The Morgan fingerprint density at radius 3 is 2.69 bits per heavy atom. The van der Waals surface area contributed by atoms with Crippen molar-refractivity contribution in [2.75, 3.05) is 0 Å². The molecule has 1 aromatic carbocycles. The Hall–Kier alpha value is -1.56. The van der Waals surface area contributed by atoms with Gasteiger partial charge in [0.25, 0.3) is 0 Å². The first-order chi connectivity index (χ1) is 6.38. The first-order valence-electron chi connectivity index (χ1n) is 4.56. The zero-order valence-electron chi connectivity index (χ0n) is 7.38. The molecule has 0 fully saturated rings. The highest BCUT2D eigenvalue weighted by Gasteiger charge is 2.18. The van der Waals surface area contributed by atoms with Crippen LogP contribution < -0.4 is 10.4 Å². The first-order valence-corrected chi connectivity index (χ1v) is 4.56. The van der Waals surface area contributed by atoms with Gasteiger partial charge in [-0.25, -0.2) is 0 Å². The van der Waals surface area contributed by atoms with E-state index in [9.17, 15) is 0 Å². The van der Waals surface area contributed by atoms with Crippen molar-refractivity contribution in [1.29, 1.82) is 0 Å². The third-order valence-electron chi connectivity index (χ3n) is 2.76. The molecule has 0 unspecified atom stereocenters. The minimum Gasteiger partial charge on any atom is -0.0949 e. The van der Waals surface area contributed by atoms with E-state index >= 15 is 0 Å². The van der Waals surface area contributed by atoms with Crippen molar-refractivity contribution in [3.05, 3.63) is 59.0 Å². The molecule has 62 valence electrons. The molecule has 0 aromatic heterocycles. The SMILES string of the molecule is C=C1CC=CC2=c3ccccc3=C12. The van der Waals surface area contributed by atoms with Crippen molar-refractivity contribution in [2.24, 2.45) is 0 Å². The Bertz CT molecular complexity index is 542. The van der Waals surface area contributed by atoms with Crippen molar-refractivity contribution in [3.63, 3.8) is 0 Å². The van der Waals surface area contributed by atoms with Crippen LogP contribution in [0.1, 0.15) is 6.42 Å². The van der Waals surface area contributed by atoms with Crippen LogP contribution in [0.15, 0.2) is 48.6 Å². The van der Waals surface area contributed by atoms with Crippen LogP contribution in [-0.2, 0) is 0 Å². The van der Waals surface area contributed by atoms with Gasteiger partial charge in [-0.05, 0) is 33.6 Å². The molecule has 0 saturated heterocycles. The van der Waals surface area contributed by atoms with Gasteiger partial charge >= 0.3 is 0 Å². The molecule has 2 aliphatic carbocycles. The van der Waals surface area contributed by atoms with Crippen molar-refractivity contribution in [3.8, 4) is 0 Å². The number of hydrogen-bond donors (Lipinski definition) is 0. The maximum absolute atomic E-state index is 4.09. The smallest absolute Gasteiger partial charge is 0.00697 e. The molecule has 0 amide bonds. The number of hydrogen-bond acceptors (Lipinski definition) is 0.